The molecule has 9 nitrogen and oxygen atoms in total. The number of anilines is 2. The predicted octanol–water partition coefficient (Wildman–Crippen LogP) is 3.62. The van der Waals surface area contributed by atoms with Crippen LogP contribution in [-0.2, 0) is 6.54 Å². The molecule has 2 bridgehead atoms. The van der Waals surface area contributed by atoms with Crippen molar-refractivity contribution in [1.29, 1.82) is 0 Å². The summed E-state index contributed by atoms with van der Waals surface area (Å²) in [5.41, 5.74) is 2.32. The SMILES string of the molecule is Clc1cc2nc(CNc3nc(N4CC5CCC(C4)N5)nc4c(Br)cnn34)[nH]c2cc1Cl. The number of hydrogen-bond acceptors (Lipinski definition) is 7. The van der Waals surface area contributed by atoms with Gasteiger partial charge in [0.1, 0.15) is 5.82 Å². The normalized spacial score (nSPS) is 20.8. The van der Waals surface area contributed by atoms with Crippen molar-refractivity contribution >= 4 is 67.7 Å². The molecule has 2 fully saturated rings. The standard InChI is InChI=1S/C19H18BrCl2N9/c20-11-5-24-31-17(11)28-19(30-7-9-1-2-10(8-30)25-9)29-18(31)23-6-16-26-14-3-12(21)13(22)4-15(14)27-16/h3-5,9-10,25H,1-2,6-8H2,(H,26,27)(H,23,28,29). The Labute approximate surface area is 195 Å². The molecule has 2 saturated heterocycles. The van der Waals surface area contributed by atoms with Gasteiger partial charge in [0.25, 0.3) is 0 Å². The summed E-state index contributed by atoms with van der Waals surface area (Å²) in [4.78, 5) is 19.7. The first-order valence-corrected chi connectivity index (χ1v) is 11.6. The molecule has 5 heterocycles. The van der Waals surface area contributed by atoms with Crippen LogP contribution in [0.4, 0.5) is 11.9 Å². The van der Waals surface area contributed by atoms with Crippen molar-refractivity contribution in [3.8, 4) is 0 Å². The van der Waals surface area contributed by atoms with E-state index in [0.717, 1.165) is 40.1 Å². The van der Waals surface area contributed by atoms with E-state index in [2.05, 4.69) is 46.5 Å². The molecule has 0 saturated carbocycles. The Bertz CT molecular complexity index is 1250. The maximum Gasteiger partial charge on any atom is 0.230 e. The summed E-state index contributed by atoms with van der Waals surface area (Å²) >= 11 is 15.8. The molecule has 2 unspecified atom stereocenters. The molecule has 2 aliphatic heterocycles. The average molecular weight is 523 g/mol. The third-order valence-corrected chi connectivity index (χ3v) is 7.08. The third kappa shape index (κ3) is 3.51. The van der Waals surface area contributed by atoms with Crippen molar-refractivity contribution in [1.82, 2.24) is 34.9 Å². The summed E-state index contributed by atoms with van der Waals surface area (Å²) in [6.45, 7) is 2.24. The van der Waals surface area contributed by atoms with Gasteiger partial charge in [-0.2, -0.15) is 19.6 Å². The van der Waals surface area contributed by atoms with E-state index >= 15 is 0 Å². The minimum absolute atomic E-state index is 0.430. The lowest BCUT2D eigenvalue weighted by Crippen LogP contribution is -2.51. The van der Waals surface area contributed by atoms with E-state index in [4.69, 9.17) is 33.2 Å². The summed E-state index contributed by atoms with van der Waals surface area (Å²) in [5.74, 6) is 2.05. The predicted molar refractivity (Wildman–Crippen MR) is 124 cm³/mol. The highest BCUT2D eigenvalue weighted by molar-refractivity contribution is 9.10. The fourth-order valence-electron chi connectivity index (χ4n) is 4.36. The third-order valence-electron chi connectivity index (χ3n) is 5.80. The van der Waals surface area contributed by atoms with Crippen LogP contribution in [0, 0.1) is 0 Å². The number of nitrogens with one attached hydrogen (secondary N) is 3. The minimum Gasteiger partial charge on any atom is -0.347 e. The first-order valence-electron chi connectivity index (χ1n) is 10.0. The zero-order chi connectivity index (χ0) is 21.1. The van der Waals surface area contributed by atoms with Crippen LogP contribution in [0.25, 0.3) is 16.7 Å². The number of aromatic nitrogens is 6. The zero-order valence-corrected chi connectivity index (χ0v) is 19.3. The molecular weight excluding hydrogens is 505 g/mol. The van der Waals surface area contributed by atoms with Gasteiger partial charge in [0.2, 0.25) is 11.9 Å². The molecule has 12 heteroatoms. The number of imidazole rings is 1. The molecule has 4 aromatic rings. The number of benzene rings is 1. The molecule has 2 atom stereocenters. The largest absolute Gasteiger partial charge is 0.347 e. The minimum atomic E-state index is 0.430. The van der Waals surface area contributed by atoms with E-state index in [0.29, 0.717) is 40.6 Å². The maximum absolute atomic E-state index is 6.12. The van der Waals surface area contributed by atoms with Gasteiger partial charge in [-0.1, -0.05) is 23.2 Å². The molecule has 160 valence electrons. The molecule has 1 aromatic carbocycles. The Morgan fingerprint density at radius 2 is 1.87 bits per heavy atom. The van der Waals surface area contributed by atoms with Crippen LogP contribution in [0.15, 0.2) is 22.8 Å². The second-order valence-electron chi connectivity index (χ2n) is 7.94. The Kier molecular flexibility index (Phi) is 4.71. The molecule has 0 aliphatic carbocycles. The van der Waals surface area contributed by atoms with Crippen molar-refractivity contribution in [2.75, 3.05) is 23.3 Å². The van der Waals surface area contributed by atoms with Gasteiger partial charge in [0.15, 0.2) is 5.65 Å². The first-order chi connectivity index (χ1) is 15.0. The lowest BCUT2D eigenvalue weighted by atomic mass is 10.2. The topological polar surface area (TPSA) is 99.1 Å². The van der Waals surface area contributed by atoms with Crippen LogP contribution in [0.2, 0.25) is 10.0 Å². The summed E-state index contributed by atoms with van der Waals surface area (Å²) in [7, 11) is 0. The Hall–Kier alpha value is -2.14. The zero-order valence-electron chi connectivity index (χ0n) is 16.2. The summed E-state index contributed by atoms with van der Waals surface area (Å²) < 4.78 is 2.52. The summed E-state index contributed by atoms with van der Waals surface area (Å²) in [6, 6.07) is 4.53. The van der Waals surface area contributed by atoms with Gasteiger partial charge in [0, 0.05) is 25.2 Å². The number of hydrogen-bond donors (Lipinski definition) is 3. The maximum atomic E-state index is 6.12. The molecule has 3 aromatic heterocycles. The number of fused-ring (bicyclic) bond motifs is 4. The summed E-state index contributed by atoms with van der Waals surface area (Å²) in [5, 5.41) is 12.4. The molecule has 31 heavy (non-hydrogen) atoms. The van der Waals surface area contributed by atoms with E-state index in [-0.39, 0.29) is 0 Å². The van der Waals surface area contributed by atoms with Gasteiger partial charge >= 0.3 is 0 Å². The number of piperazine rings is 1. The molecule has 3 N–H and O–H groups in total. The van der Waals surface area contributed by atoms with Crippen molar-refractivity contribution in [3.05, 3.63) is 38.7 Å². The van der Waals surface area contributed by atoms with E-state index < -0.39 is 0 Å². The number of H-pyrrole nitrogens is 1. The van der Waals surface area contributed by atoms with Crippen LogP contribution in [0.1, 0.15) is 18.7 Å². The highest BCUT2D eigenvalue weighted by Gasteiger charge is 2.33. The Morgan fingerprint density at radius 3 is 2.68 bits per heavy atom. The molecule has 2 aliphatic rings. The van der Waals surface area contributed by atoms with E-state index in [1.54, 1.807) is 22.8 Å². The average Bonchev–Trinajstić information content (AvgIpc) is 3.43. The molecular formula is C19H18BrCl2N9. The van der Waals surface area contributed by atoms with Crippen molar-refractivity contribution in [2.24, 2.45) is 0 Å². The van der Waals surface area contributed by atoms with Crippen LogP contribution in [0.5, 0.6) is 0 Å². The number of aromatic amines is 1. The molecule has 6 rings (SSSR count). The monoisotopic (exact) mass is 521 g/mol. The second-order valence-corrected chi connectivity index (χ2v) is 9.61. The lowest BCUT2D eigenvalue weighted by Gasteiger charge is -2.33. The molecule has 0 radical (unpaired) electrons. The van der Waals surface area contributed by atoms with Gasteiger partial charge in [-0.3, -0.25) is 0 Å². The van der Waals surface area contributed by atoms with Gasteiger partial charge in [0.05, 0.1) is 38.3 Å². The van der Waals surface area contributed by atoms with Crippen LogP contribution < -0.4 is 15.5 Å². The number of nitrogens with zero attached hydrogens (tertiary/aromatic N) is 6. The molecule has 0 amide bonds. The highest BCUT2D eigenvalue weighted by Crippen LogP contribution is 2.28. The van der Waals surface area contributed by atoms with Gasteiger partial charge in [-0.25, -0.2) is 4.98 Å². The van der Waals surface area contributed by atoms with Crippen molar-refractivity contribution < 1.29 is 0 Å². The van der Waals surface area contributed by atoms with Crippen LogP contribution in [-0.4, -0.2) is 54.7 Å². The van der Waals surface area contributed by atoms with E-state index in [9.17, 15) is 0 Å². The Morgan fingerprint density at radius 1 is 1.10 bits per heavy atom. The van der Waals surface area contributed by atoms with Gasteiger partial charge in [-0.15, -0.1) is 0 Å². The molecule has 0 spiro atoms. The lowest BCUT2D eigenvalue weighted by molar-refractivity contribution is 0.460. The first kappa shape index (κ1) is 19.5. The number of halogens is 3. The van der Waals surface area contributed by atoms with Crippen LogP contribution >= 0.6 is 39.1 Å². The van der Waals surface area contributed by atoms with E-state index in [1.165, 1.54) is 12.8 Å². The van der Waals surface area contributed by atoms with Crippen LogP contribution in [0.3, 0.4) is 0 Å². The fourth-order valence-corrected chi connectivity index (χ4v) is 5.03. The smallest absolute Gasteiger partial charge is 0.230 e. The van der Waals surface area contributed by atoms with Crippen molar-refractivity contribution in [2.45, 2.75) is 31.5 Å². The van der Waals surface area contributed by atoms with Gasteiger partial charge < -0.3 is 20.5 Å². The quantitative estimate of drug-likeness (QED) is 0.376. The second kappa shape index (κ2) is 7.47. The summed E-state index contributed by atoms with van der Waals surface area (Å²) in [6.07, 6.45) is 4.13. The highest BCUT2D eigenvalue weighted by atomic mass is 79.9. The van der Waals surface area contributed by atoms with Gasteiger partial charge in [-0.05, 0) is 40.9 Å². The van der Waals surface area contributed by atoms with Crippen molar-refractivity contribution in [3.63, 3.8) is 0 Å². The number of rotatable bonds is 4. The van der Waals surface area contributed by atoms with E-state index in [1.807, 2.05) is 0 Å². The Balaban J connectivity index is 1.32. The fraction of sp³-hybridized carbons (Fsp3) is 0.368.